The zero-order valence-corrected chi connectivity index (χ0v) is 11.7. The Labute approximate surface area is 118 Å². The highest BCUT2D eigenvalue weighted by molar-refractivity contribution is 7.89. The van der Waals surface area contributed by atoms with E-state index in [1.807, 2.05) is 37.3 Å². The summed E-state index contributed by atoms with van der Waals surface area (Å²) in [7, 11) is -3.70. The average molecular weight is 286 g/mol. The first-order valence-corrected chi connectivity index (χ1v) is 7.75. The maximum absolute atomic E-state index is 11.5. The van der Waals surface area contributed by atoms with E-state index in [4.69, 9.17) is 5.14 Å². The average Bonchev–Trinajstić information content (AvgIpc) is 2.43. The smallest absolute Gasteiger partial charge is 0.238 e. The molecule has 0 fully saturated rings. The molecule has 20 heavy (non-hydrogen) atoms. The number of para-hydroxylation sites is 1. The van der Waals surface area contributed by atoms with Crippen LogP contribution in [0.15, 0.2) is 53.4 Å². The highest BCUT2D eigenvalue weighted by atomic mass is 32.2. The highest BCUT2D eigenvalue weighted by Gasteiger charge is 2.21. The summed E-state index contributed by atoms with van der Waals surface area (Å²) in [5.74, 6) is 0. The molecule has 1 heterocycles. The summed E-state index contributed by atoms with van der Waals surface area (Å²) in [6, 6.07) is 12.8. The predicted molar refractivity (Wildman–Crippen MR) is 80.3 cm³/mol. The van der Waals surface area contributed by atoms with Crippen molar-refractivity contribution in [3.63, 3.8) is 0 Å². The molecule has 2 aromatic rings. The van der Waals surface area contributed by atoms with E-state index in [0.29, 0.717) is 0 Å². The van der Waals surface area contributed by atoms with Gasteiger partial charge in [0.2, 0.25) is 10.0 Å². The number of anilines is 2. The monoisotopic (exact) mass is 286 g/mol. The van der Waals surface area contributed by atoms with Crippen LogP contribution in [0.1, 0.15) is 18.1 Å². The van der Waals surface area contributed by atoms with Crippen LogP contribution in [0, 0.1) is 0 Å². The third-order valence-electron chi connectivity index (χ3n) is 3.38. The Morgan fingerprint density at radius 2 is 1.75 bits per heavy atom. The minimum absolute atomic E-state index is 0.122. The van der Waals surface area contributed by atoms with Crippen LogP contribution < -0.4 is 10.5 Å². The maximum Gasteiger partial charge on any atom is 0.238 e. The van der Waals surface area contributed by atoms with Crippen molar-refractivity contribution < 1.29 is 8.42 Å². The standard InChI is InChI=1S/C15H14N2O2S/c1-2-11-12-5-3-4-6-14(12)17-15-8-7-10(9-13(11)15)20(16,18)19/h2-9,17H,1H3,(H2,16,18,19). The summed E-state index contributed by atoms with van der Waals surface area (Å²) >= 11 is 0. The third-order valence-corrected chi connectivity index (χ3v) is 4.30. The van der Waals surface area contributed by atoms with Crippen LogP contribution in [0.4, 0.5) is 11.4 Å². The number of hydrogen-bond donors (Lipinski definition) is 2. The van der Waals surface area contributed by atoms with E-state index in [2.05, 4.69) is 5.32 Å². The lowest BCUT2D eigenvalue weighted by atomic mass is 9.91. The van der Waals surface area contributed by atoms with Crippen LogP contribution in [0.25, 0.3) is 5.57 Å². The van der Waals surface area contributed by atoms with Gasteiger partial charge in [-0.15, -0.1) is 0 Å². The Bertz CT molecular complexity index is 824. The van der Waals surface area contributed by atoms with Crippen molar-refractivity contribution in [3.8, 4) is 0 Å². The van der Waals surface area contributed by atoms with Crippen LogP contribution in [0.5, 0.6) is 0 Å². The van der Waals surface area contributed by atoms with Gasteiger partial charge in [0.05, 0.1) is 4.90 Å². The molecule has 3 rings (SSSR count). The Morgan fingerprint density at radius 3 is 2.45 bits per heavy atom. The van der Waals surface area contributed by atoms with Gasteiger partial charge >= 0.3 is 0 Å². The zero-order chi connectivity index (χ0) is 14.3. The number of allylic oxidation sites excluding steroid dienone is 1. The molecule has 0 saturated carbocycles. The summed E-state index contributed by atoms with van der Waals surface area (Å²) in [6.45, 7) is 1.94. The molecule has 0 spiro atoms. The number of nitrogens with two attached hydrogens (primary N) is 1. The Kier molecular flexibility index (Phi) is 2.88. The van der Waals surface area contributed by atoms with E-state index in [1.165, 1.54) is 6.07 Å². The number of fused-ring (bicyclic) bond motifs is 2. The number of rotatable bonds is 1. The maximum atomic E-state index is 11.5. The molecule has 0 bridgehead atoms. The zero-order valence-electron chi connectivity index (χ0n) is 10.9. The first-order valence-electron chi connectivity index (χ1n) is 6.20. The molecule has 102 valence electrons. The van der Waals surface area contributed by atoms with Crippen molar-refractivity contribution in [3.05, 3.63) is 59.7 Å². The minimum atomic E-state index is -3.70. The SMILES string of the molecule is CC=C1c2ccccc2Nc2ccc(S(N)(=O)=O)cc21. The molecular weight excluding hydrogens is 272 g/mol. The number of primary sulfonamides is 1. The van der Waals surface area contributed by atoms with Gasteiger partial charge in [0.15, 0.2) is 0 Å². The van der Waals surface area contributed by atoms with Gasteiger partial charge < -0.3 is 5.32 Å². The van der Waals surface area contributed by atoms with Crippen molar-refractivity contribution in [2.45, 2.75) is 11.8 Å². The molecule has 0 atom stereocenters. The van der Waals surface area contributed by atoms with Crippen molar-refractivity contribution in [2.24, 2.45) is 5.14 Å². The topological polar surface area (TPSA) is 72.2 Å². The highest BCUT2D eigenvalue weighted by Crippen LogP contribution is 2.41. The second-order valence-electron chi connectivity index (χ2n) is 4.63. The second kappa shape index (κ2) is 4.47. The lowest BCUT2D eigenvalue weighted by Crippen LogP contribution is -2.14. The fourth-order valence-electron chi connectivity index (χ4n) is 2.46. The summed E-state index contributed by atoms with van der Waals surface area (Å²) in [4.78, 5) is 0.122. The van der Waals surface area contributed by atoms with Gasteiger partial charge in [-0.2, -0.15) is 0 Å². The van der Waals surface area contributed by atoms with Crippen LogP contribution in [-0.4, -0.2) is 8.42 Å². The molecular formula is C15H14N2O2S. The molecule has 0 saturated heterocycles. The van der Waals surface area contributed by atoms with Gasteiger partial charge in [-0.25, -0.2) is 13.6 Å². The molecule has 3 N–H and O–H groups in total. The molecule has 0 amide bonds. The van der Waals surface area contributed by atoms with E-state index in [9.17, 15) is 8.42 Å². The molecule has 0 aromatic heterocycles. The quantitative estimate of drug-likeness (QED) is 0.722. The van der Waals surface area contributed by atoms with E-state index in [1.54, 1.807) is 12.1 Å². The van der Waals surface area contributed by atoms with Gasteiger partial charge in [-0.05, 0) is 36.8 Å². The molecule has 2 aromatic carbocycles. The number of hydrogen-bond acceptors (Lipinski definition) is 3. The lowest BCUT2D eigenvalue weighted by molar-refractivity contribution is 0.598. The van der Waals surface area contributed by atoms with Gasteiger partial charge in [0.1, 0.15) is 0 Å². The van der Waals surface area contributed by atoms with Crippen LogP contribution >= 0.6 is 0 Å². The van der Waals surface area contributed by atoms with E-state index >= 15 is 0 Å². The molecule has 5 heteroatoms. The summed E-state index contributed by atoms with van der Waals surface area (Å²) in [5.41, 5.74) is 4.78. The van der Waals surface area contributed by atoms with Crippen molar-refractivity contribution >= 4 is 27.0 Å². The first-order chi connectivity index (χ1) is 9.50. The van der Waals surface area contributed by atoms with Crippen LogP contribution in [0.2, 0.25) is 0 Å². The lowest BCUT2D eigenvalue weighted by Gasteiger charge is -2.24. The third kappa shape index (κ3) is 2.01. The number of sulfonamides is 1. The Hall–Kier alpha value is -2.11. The predicted octanol–water partition coefficient (Wildman–Crippen LogP) is 2.84. The summed E-state index contributed by atoms with van der Waals surface area (Å²) < 4.78 is 23.0. The van der Waals surface area contributed by atoms with Crippen LogP contribution in [0.3, 0.4) is 0 Å². The van der Waals surface area contributed by atoms with Gasteiger partial charge in [0.25, 0.3) is 0 Å². The fraction of sp³-hybridized carbons (Fsp3) is 0.0667. The normalized spacial score (nSPS) is 15.4. The summed E-state index contributed by atoms with van der Waals surface area (Å²) in [5, 5.41) is 8.51. The first kappa shape index (κ1) is 12.9. The van der Waals surface area contributed by atoms with Gasteiger partial charge in [-0.3, -0.25) is 0 Å². The van der Waals surface area contributed by atoms with E-state index in [0.717, 1.165) is 28.1 Å². The van der Waals surface area contributed by atoms with Crippen LogP contribution in [-0.2, 0) is 10.0 Å². The molecule has 1 aliphatic rings. The van der Waals surface area contributed by atoms with Gasteiger partial charge in [-0.1, -0.05) is 24.3 Å². The molecule has 0 aliphatic carbocycles. The Morgan fingerprint density at radius 1 is 1.05 bits per heavy atom. The molecule has 4 nitrogen and oxygen atoms in total. The molecule has 0 radical (unpaired) electrons. The number of nitrogens with one attached hydrogen (secondary N) is 1. The molecule has 0 unspecified atom stereocenters. The van der Waals surface area contributed by atoms with E-state index < -0.39 is 10.0 Å². The van der Waals surface area contributed by atoms with Crippen molar-refractivity contribution in [1.29, 1.82) is 0 Å². The van der Waals surface area contributed by atoms with E-state index in [-0.39, 0.29) is 4.90 Å². The summed E-state index contributed by atoms with van der Waals surface area (Å²) in [6.07, 6.45) is 1.98. The Balaban J connectivity index is 2.25. The fourth-order valence-corrected chi connectivity index (χ4v) is 3.00. The largest absolute Gasteiger partial charge is 0.355 e. The van der Waals surface area contributed by atoms with Gasteiger partial charge in [0, 0.05) is 22.5 Å². The molecule has 1 aliphatic heterocycles. The van der Waals surface area contributed by atoms with Crippen molar-refractivity contribution in [2.75, 3.05) is 5.32 Å². The number of benzene rings is 2. The second-order valence-corrected chi connectivity index (χ2v) is 6.19. The minimum Gasteiger partial charge on any atom is -0.355 e. The van der Waals surface area contributed by atoms with Crippen molar-refractivity contribution in [1.82, 2.24) is 0 Å².